The van der Waals surface area contributed by atoms with Gasteiger partial charge in [-0.2, -0.15) is 0 Å². The fraction of sp³-hybridized carbons (Fsp3) is 0.167. The Morgan fingerprint density at radius 2 is 1.95 bits per heavy atom. The van der Waals surface area contributed by atoms with Gasteiger partial charge < -0.3 is 5.32 Å². The summed E-state index contributed by atoms with van der Waals surface area (Å²) in [5.74, 6) is -0.323. The summed E-state index contributed by atoms with van der Waals surface area (Å²) in [5, 5.41) is 10.0. The van der Waals surface area contributed by atoms with E-state index in [1.54, 1.807) is 12.4 Å². The Morgan fingerprint density at radius 3 is 2.68 bits per heavy atom. The molecule has 1 amide bonds. The molecule has 98 valence electrons. The van der Waals surface area contributed by atoms with Gasteiger partial charge in [0.1, 0.15) is 0 Å². The van der Waals surface area contributed by atoms with Crippen LogP contribution >= 0.6 is 23.2 Å². The summed E-state index contributed by atoms with van der Waals surface area (Å²) in [6.45, 7) is 0.485. The molecule has 0 radical (unpaired) electrons. The highest BCUT2D eigenvalue weighted by Gasteiger charge is 2.12. The van der Waals surface area contributed by atoms with Crippen molar-refractivity contribution in [3.8, 4) is 0 Å². The Kier molecular flexibility index (Phi) is 4.65. The fourth-order valence-corrected chi connectivity index (χ4v) is 1.80. The SMILES string of the molecule is O=C(NCCc1ccncc1)c1cc(Cl)nnc1Cl. The van der Waals surface area contributed by atoms with E-state index in [0.717, 1.165) is 5.56 Å². The maximum Gasteiger partial charge on any atom is 0.254 e. The zero-order chi connectivity index (χ0) is 13.7. The van der Waals surface area contributed by atoms with E-state index in [0.29, 0.717) is 13.0 Å². The molecular formula is C12H10Cl2N4O. The largest absolute Gasteiger partial charge is 0.352 e. The predicted molar refractivity (Wildman–Crippen MR) is 72.3 cm³/mol. The molecule has 0 saturated carbocycles. The van der Waals surface area contributed by atoms with Crippen molar-refractivity contribution in [2.45, 2.75) is 6.42 Å². The molecule has 2 heterocycles. The van der Waals surface area contributed by atoms with E-state index in [9.17, 15) is 4.79 Å². The summed E-state index contributed by atoms with van der Waals surface area (Å²) in [4.78, 5) is 15.8. The Hall–Kier alpha value is -1.72. The van der Waals surface area contributed by atoms with E-state index < -0.39 is 0 Å². The standard InChI is InChI=1S/C12H10Cl2N4O/c13-10-7-9(11(14)18-17-10)12(19)16-6-3-8-1-4-15-5-2-8/h1-2,4-5,7H,3,6H2,(H,16,19). The number of hydrogen-bond donors (Lipinski definition) is 1. The summed E-state index contributed by atoms with van der Waals surface area (Å²) >= 11 is 11.5. The molecule has 0 unspecified atom stereocenters. The normalized spacial score (nSPS) is 10.2. The second kappa shape index (κ2) is 6.45. The van der Waals surface area contributed by atoms with Gasteiger partial charge in [-0.1, -0.05) is 23.2 Å². The smallest absolute Gasteiger partial charge is 0.254 e. The lowest BCUT2D eigenvalue weighted by Gasteiger charge is -2.06. The van der Waals surface area contributed by atoms with Gasteiger partial charge >= 0.3 is 0 Å². The first-order chi connectivity index (χ1) is 9.16. The molecule has 0 aliphatic carbocycles. The number of carbonyl (C=O) groups is 1. The van der Waals surface area contributed by atoms with Crippen molar-refractivity contribution >= 4 is 29.1 Å². The minimum atomic E-state index is -0.323. The number of amides is 1. The molecule has 0 saturated heterocycles. The lowest BCUT2D eigenvalue weighted by Crippen LogP contribution is -2.26. The van der Waals surface area contributed by atoms with E-state index in [4.69, 9.17) is 23.2 Å². The van der Waals surface area contributed by atoms with E-state index in [-0.39, 0.29) is 21.8 Å². The van der Waals surface area contributed by atoms with Gasteiger partial charge in [0.25, 0.3) is 5.91 Å². The molecule has 2 aromatic rings. The van der Waals surface area contributed by atoms with Crippen molar-refractivity contribution in [1.29, 1.82) is 0 Å². The highest BCUT2D eigenvalue weighted by atomic mass is 35.5. The minimum absolute atomic E-state index is 0.0332. The van der Waals surface area contributed by atoms with Crippen LogP contribution in [0.3, 0.4) is 0 Å². The molecule has 0 aliphatic heterocycles. The van der Waals surface area contributed by atoms with E-state index in [1.807, 2.05) is 12.1 Å². The second-order valence-electron chi connectivity index (χ2n) is 3.73. The molecule has 0 atom stereocenters. The molecule has 0 aromatic carbocycles. The number of carbonyl (C=O) groups excluding carboxylic acids is 1. The molecule has 0 aliphatic rings. The van der Waals surface area contributed by atoms with Gasteiger partial charge in [-0.3, -0.25) is 9.78 Å². The van der Waals surface area contributed by atoms with Crippen molar-refractivity contribution in [2.75, 3.05) is 6.54 Å². The number of halogens is 2. The minimum Gasteiger partial charge on any atom is -0.352 e. The molecule has 1 N–H and O–H groups in total. The van der Waals surface area contributed by atoms with Crippen LogP contribution in [0.4, 0.5) is 0 Å². The third kappa shape index (κ3) is 3.87. The van der Waals surface area contributed by atoms with Crippen molar-refractivity contribution < 1.29 is 4.79 Å². The average Bonchev–Trinajstić information content (AvgIpc) is 2.42. The van der Waals surface area contributed by atoms with Crippen LogP contribution in [0.1, 0.15) is 15.9 Å². The Morgan fingerprint density at radius 1 is 1.21 bits per heavy atom. The van der Waals surface area contributed by atoms with Crippen LogP contribution < -0.4 is 5.32 Å². The van der Waals surface area contributed by atoms with Gasteiger partial charge in [0, 0.05) is 18.9 Å². The molecule has 5 nitrogen and oxygen atoms in total. The molecule has 0 bridgehead atoms. The lowest BCUT2D eigenvalue weighted by molar-refractivity contribution is 0.0953. The van der Waals surface area contributed by atoms with Crippen molar-refractivity contribution in [1.82, 2.24) is 20.5 Å². The maximum absolute atomic E-state index is 11.9. The maximum atomic E-state index is 11.9. The summed E-state index contributed by atoms with van der Waals surface area (Å²) in [6.07, 6.45) is 4.12. The third-order valence-electron chi connectivity index (χ3n) is 2.41. The van der Waals surface area contributed by atoms with Crippen LogP contribution in [0.2, 0.25) is 10.3 Å². The average molecular weight is 297 g/mol. The van der Waals surface area contributed by atoms with Crippen LogP contribution in [0.15, 0.2) is 30.6 Å². The zero-order valence-corrected chi connectivity index (χ0v) is 11.3. The third-order valence-corrected chi connectivity index (χ3v) is 2.88. The quantitative estimate of drug-likeness (QED) is 0.939. The molecule has 19 heavy (non-hydrogen) atoms. The van der Waals surface area contributed by atoms with Crippen LogP contribution in [-0.4, -0.2) is 27.6 Å². The van der Waals surface area contributed by atoms with Crippen molar-refractivity contribution in [3.05, 3.63) is 52.0 Å². The summed E-state index contributed by atoms with van der Waals surface area (Å²) in [5.41, 5.74) is 1.31. The molecule has 0 fully saturated rings. The number of nitrogens with zero attached hydrogens (tertiary/aromatic N) is 3. The topological polar surface area (TPSA) is 67.8 Å². The van der Waals surface area contributed by atoms with E-state index >= 15 is 0 Å². The Bertz CT molecular complexity index is 577. The van der Waals surface area contributed by atoms with Crippen LogP contribution in [0.5, 0.6) is 0 Å². The molecular weight excluding hydrogens is 287 g/mol. The van der Waals surface area contributed by atoms with Crippen molar-refractivity contribution in [3.63, 3.8) is 0 Å². The molecule has 7 heteroatoms. The monoisotopic (exact) mass is 296 g/mol. The fourth-order valence-electron chi connectivity index (χ4n) is 1.48. The van der Waals surface area contributed by atoms with E-state index in [1.165, 1.54) is 6.07 Å². The molecule has 2 rings (SSSR count). The number of nitrogens with one attached hydrogen (secondary N) is 1. The number of pyridine rings is 1. The first-order valence-corrected chi connectivity index (χ1v) is 6.28. The van der Waals surface area contributed by atoms with Crippen molar-refractivity contribution in [2.24, 2.45) is 0 Å². The lowest BCUT2D eigenvalue weighted by atomic mass is 10.2. The highest BCUT2D eigenvalue weighted by molar-refractivity contribution is 6.34. The number of rotatable bonds is 4. The summed E-state index contributed by atoms with van der Waals surface area (Å²) in [6, 6.07) is 5.17. The summed E-state index contributed by atoms with van der Waals surface area (Å²) in [7, 11) is 0. The van der Waals surface area contributed by atoms with Gasteiger partial charge in [-0.05, 0) is 30.2 Å². The van der Waals surface area contributed by atoms with E-state index in [2.05, 4.69) is 20.5 Å². The first-order valence-electron chi connectivity index (χ1n) is 5.52. The Balaban J connectivity index is 1.93. The van der Waals surface area contributed by atoms with Gasteiger partial charge in [-0.25, -0.2) is 0 Å². The summed E-state index contributed by atoms with van der Waals surface area (Å²) < 4.78 is 0. The number of aromatic nitrogens is 3. The zero-order valence-electron chi connectivity index (χ0n) is 9.81. The van der Waals surface area contributed by atoms with Crippen LogP contribution in [0.25, 0.3) is 0 Å². The van der Waals surface area contributed by atoms with Gasteiger partial charge in [-0.15, -0.1) is 10.2 Å². The predicted octanol–water partition coefficient (Wildman–Crippen LogP) is 2.15. The second-order valence-corrected chi connectivity index (χ2v) is 4.48. The number of hydrogen-bond acceptors (Lipinski definition) is 4. The first kappa shape index (κ1) is 13.7. The highest BCUT2D eigenvalue weighted by Crippen LogP contribution is 2.14. The van der Waals surface area contributed by atoms with Gasteiger partial charge in [0.05, 0.1) is 5.56 Å². The van der Waals surface area contributed by atoms with Gasteiger partial charge in [0.2, 0.25) is 0 Å². The Labute approximate surface area is 120 Å². The van der Waals surface area contributed by atoms with Gasteiger partial charge in [0.15, 0.2) is 10.3 Å². The molecule has 0 spiro atoms. The molecule has 2 aromatic heterocycles. The van der Waals surface area contributed by atoms with Crippen LogP contribution in [-0.2, 0) is 6.42 Å². The van der Waals surface area contributed by atoms with Crippen LogP contribution in [0, 0.1) is 0 Å².